The van der Waals surface area contributed by atoms with Gasteiger partial charge in [0, 0.05) is 33.1 Å². The topological polar surface area (TPSA) is 95.9 Å². The van der Waals surface area contributed by atoms with E-state index in [0.717, 1.165) is 11.1 Å². The van der Waals surface area contributed by atoms with Crippen molar-refractivity contribution < 1.29 is 24.2 Å². The third-order valence-electron chi connectivity index (χ3n) is 4.33. The Hall–Kier alpha value is -2.41. The molecule has 0 saturated carbocycles. The van der Waals surface area contributed by atoms with Crippen molar-refractivity contribution in [1.29, 1.82) is 0 Å². The zero-order chi connectivity index (χ0) is 18.4. The maximum absolute atomic E-state index is 12.5. The molecule has 2 atom stereocenters. The van der Waals surface area contributed by atoms with Crippen LogP contribution in [0, 0.1) is 6.92 Å². The lowest BCUT2D eigenvalue weighted by atomic mass is 10.1. The molecule has 1 heterocycles. The maximum atomic E-state index is 12.5. The minimum absolute atomic E-state index is 0.0931. The number of hydrogen-bond donors (Lipinski definition) is 2. The van der Waals surface area contributed by atoms with Crippen molar-refractivity contribution in [3.8, 4) is 0 Å². The molecule has 0 spiro atoms. The summed E-state index contributed by atoms with van der Waals surface area (Å²) in [4.78, 5) is 37.5. The van der Waals surface area contributed by atoms with E-state index in [4.69, 9.17) is 4.74 Å². The molecule has 1 fully saturated rings. The molecule has 136 valence electrons. The number of methoxy groups -OCH3 is 1. The molecule has 1 aromatic carbocycles. The largest absolute Gasteiger partial charge is 0.480 e. The lowest BCUT2D eigenvalue weighted by molar-refractivity contribution is -0.143. The van der Waals surface area contributed by atoms with Crippen molar-refractivity contribution in [1.82, 2.24) is 10.2 Å². The number of rotatable bonds is 8. The number of benzene rings is 1. The van der Waals surface area contributed by atoms with E-state index in [1.54, 1.807) is 0 Å². The summed E-state index contributed by atoms with van der Waals surface area (Å²) < 4.78 is 4.88. The molecule has 1 saturated heterocycles. The lowest BCUT2D eigenvalue weighted by Crippen LogP contribution is -2.50. The average Bonchev–Trinajstić information content (AvgIpc) is 2.94. The van der Waals surface area contributed by atoms with Crippen LogP contribution in [-0.4, -0.2) is 53.6 Å². The van der Waals surface area contributed by atoms with Crippen molar-refractivity contribution in [3.05, 3.63) is 35.4 Å². The van der Waals surface area contributed by atoms with Gasteiger partial charge in [-0.2, -0.15) is 0 Å². The molecule has 25 heavy (non-hydrogen) atoms. The minimum atomic E-state index is -1.11. The van der Waals surface area contributed by atoms with Gasteiger partial charge >= 0.3 is 5.97 Å². The molecule has 2 N–H and O–H groups in total. The zero-order valence-corrected chi connectivity index (χ0v) is 14.5. The van der Waals surface area contributed by atoms with Crippen LogP contribution in [0.3, 0.4) is 0 Å². The number of aryl methyl sites for hydroxylation is 1. The van der Waals surface area contributed by atoms with Crippen LogP contribution >= 0.6 is 0 Å². The number of carbonyl (C=O) groups is 3. The Morgan fingerprint density at radius 3 is 2.64 bits per heavy atom. The first-order chi connectivity index (χ1) is 11.9. The molecular formula is C18H24N2O5. The van der Waals surface area contributed by atoms with Crippen LogP contribution in [0.1, 0.15) is 30.4 Å². The van der Waals surface area contributed by atoms with Gasteiger partial charge in [0.25, 0.3) is 0 Å². The van der Waals surface area contributed by atoms with Crippen molar-refractivity contribution in [2.24, 2.45) is 0 Å². The highest BCUT2D eigenvalue weighted by Gasteiger charge is 2.37. The molecular weight excluding hydrogens is 324 g/mol. The third-order valence-corrected chi connectivity index (χ3v) is 4.33. The van der Waals surface area contributed by atoms with Gasteiger partial charge in [-0.3, -0.25) is 9.59 Å². The van der Waals surface area contributed by atoms with Crippen LogP contribution in [0.15, 0.2) is 24.3 Å². The van der Waals surface area contributed by atoms with Gasteiger partial charge in [-0.1, -0.05) is 29.8 Å². The first-order valence-electron chi connectivity index (χ1n) is 8.29. The van der Waals surface area contributed by atoms with Crippen LogP contribution in [0.5, 0.6) is 0 Å². The summed E-state index contributed by atoms with van der Waals surface area (Å²) in [7, 11) is 1.47. The number of likely N-dealkylation sites (tertiary alicyclic amines) is 1. The summed E-state index contributed by atoms with van der Waals surface area (Å²) in [6, 6.07) is 6.10. The molecule has 0 aromatic heterocycles. The standard InChI is InChI=1S/C18H24N2O5/c1-12-3-5-13(6-4-12)11-20-15(7-8-16(20)21)17(22)19-14(18(23)24)9-10-25-2/h3-6,14-15H,7-11H2,1-2H3,(H,19,22)(H,23,24). The number of ether oxygens (including phenoxy) is 1. The molecule has 1 aliphatic heterocycles. The van der Waals surface area contributed by atoms with Crippen molar-refractivity contribution in [2.75, 3.05) is 13.7 Å². The predicted molar refractivity (Wildman–Crippen MR) is 90.8 cm³/mol. The first kappa shape index (κ1) is 18.9. The van der Waals surface area contributed by atoms with E-state index in [-0.39, 0.29) is 18.9 Å². The first-order valence-corrected chi connectivity index (χ1v) is 8.29. The smallest absolute Gasteiger partial charge is 0.326 e. The Morgan fingerprint density at radius 1 is 1.36 bits per heavy atom. The summed E-state index contributed by atoms with van der Waals surface area (Å²) in [6.07, 6.45) is 0.864. The van der Waals surface area contributed by atoms with Gasteiger partial charge < -0.3 is 20.1 Å². The van der Waals surface area contributed by atoms with Crippen molar-refractivity contribution in [3.63, 3.8) is 0 Å². The second kappa shape index (κ2) is 8.62. The summed E-state index contributed by atoms with van der Waals surface area (Å²) in [5.41, 5.74) is 2.06. The predicted octanol–water partition coefficient (Wildman–Crippen LogP) is 1.09. The van der Waals surface area contributed by atoms with Crippen LogP contribution in [-0.2, 0) is 25.7 Å². The van der Waals surface area contributed by atoms with E-state index >= 15 is 0 Å². The second-order valence-corrected chi connectivity index (χ2v) is 6.24. The van der Waals surface area contributed by atoms with Gasteiger partial charge in [-0.25, -0.2) is 4.79 Å². The third kappa shape index (κ3) is 5.03. The van der Waals surface area contributed by atoms with E-state index in [0.29, 0.717) is 19.4 Å². The van der Waals surface area contributed by atoms with E-state index in [2.05, 4.69) is 5.32 Å². The minimum Gasteiger partial charge on any atom is -0.480 e. The number of carboxylic acids is 1. The molecule has 7 heteroatoms. The number of amides is 2. The summed E-state index contributed by atoms with van der Waals surface area (Å²) in [5.74, 6) is -1.63. The highest BCUT2D eigenvalue weighted by Crippen LogP contribution is 2.22. The van der Waals surface area contributed by atoms with Gasteiger partial charge in [0.2, 0.25) is 11.8 Å². The normalized spacial score (nSPS) is 18.2. The molecule has 2 amide bonds. The van der Waals surface area contributed by atoms with Crippen molar-refractivity contribution in [2.45, 2.75) is 44.8 Å². The second-order valence-electron chi connectivity index (χ2n) is 6.24. The maximum Gasteiger partial charge on any atom is 0.326 e. The van der Waals surface area contributed by atoms with Gasteiger partial charge in [0.1, 0.15) is 12.1 Å². The Bertz CT molecular complexity index is 629. The monoisotopic (exact) mass is 348 g/mol. The summed E-state index contributed by atoms with van der Waals surface area (Å²) >= 11 is 0. The molecule has 2 unspecified atom stereocenters. The molecule has 2 rings (SSSR count). The van der Waals surface area contributed by atoms with E-state index in [9.17, 15) is 19.5 Å². The quantitative estimate of drug-likeness (QED) is 0.733. The van der Waals surface area contributed by atoms with E-state index in [1.165, 1.54) is 12.0 Å². The van der Waals surface area contributed by atoms with Gasteiger partial charge in [-0.15, -0.1) is 0 Å². The fraction of sp³-hybridized carbons (Fsp3) is 0.500. The van der Waals surface area contributed by atoms with E-state index in [1.807, 2.05) is 31.2 Å². The SMILES string of the molecule is COCCC(NC(=O)C1CCC(=O)N1Cc1ccc(C)cc1)C(=O)O. The highest BCUT2D eigenvalue weighted by atomic mass is 16.5. The molecule has 7 nitrogen and oxygen atoms in total. The number of hydrogen-bond acceptors (Lipinski definition) is 4. The summed E-state index contributed by atoms with van der Waals surface area (Å²) in [5, 5.41) is 11.7. The Balaban J connectivity index is 2.04. The average molecular weight is 348 g/mol. The Kier molecular flexibility index (Phi) is 6.52. The molecule has 0 radical (unpaired) electrons. The molecule has 0 bridgehead atoms. The van der Waals surface area contributed by atoms with Gasteiger partial charge in [0.05, 0.1) is 0 Å². The number of nitrogens with zero attached hydrogens (tertiary/aromatic N) is 1. The Labute approximate surface area is 147 Å². The van der Waals surface area contributed by atoms with Crippen LogP contribution in [0.4, 0.5) is 0 Å². The lowest BCUT2D eigenvalue weighted by Gasteiger charge is -2.25. The molecule has 1 aromatic rings. The van der Waals surface area contributed by atoms with Gasteiger partial charge in [0.15, 0.2) is 0 Å². The number of aliphatic carboxylic acids is 1. The Morgan fingerprint density at radius 2 is 2.04 bits per heavy atom. The zero-order valence-electron chi connectivity index (χ0n) is 14.5. The van der Waals surface area contributed by atoms with Crippen molar-refractivity contribution >= 4 is 17.8 Å². The number of carbonyl (C=O) groups excluding carboxylic acids is 2. The van der Waals surface area contributed by atoms with Crippen LogP contribution in [0.2, 0.25) is 0 Å². The fourth-order valence-corrected chi connectivity index (χ4v) is 2.86. The summed E-state index contributed by atoms with van der Waals surface area (Å²) in [6.45, 7) is 2.55. The molecule has 0 aliphatic carbocycles. The van der Waals surface area contributed by atoms with E-state index < -0.39 is 24.0 Å². The van der Waals surface area contributed by atoms with Gasteiger partial charge in [-0.05, 0) is 18.9 Å². The van der Waals surface area contributed by atoms with Crippen LogP contribution in [0.25, 0.3) is 0 Å². The molecule has 1 aliphatic rings. The van der Waals surface area contributed by atoms with Crippen LogP contribution < -0.4 is 5.32 Å². The highest BCUT2D eigenvalue weighted by molar-refractivity contribution is 5.92. The fourth-order valence-electron chi connectivity index (χ4n) is 2.86. The number of carboxylic acid groups (broad SMARTS) is 1. The number of nitrogens with one attached hydrogen (secondary N) is 1.